The van der Waals surface area contributed by atoms with Crippen molar-refractivity contribution in [1.82, 2.24) is 20.2 Å². The third-order valence-corrected chi connectivity index (χ3v) is 4.83. The number of anilines is 1. The lowest BCUT2D eigenvalue weighted by Gasteiger charge is -2.37. The Labute approximate surface area is 154 Å². The average molecular weight is 355 g/mol. The topological polar surface area (TPSA) is 70.6 Å². The molecule has 138 valence electrons. The number of hydrogen-bond donors (Lipinski definition) is 1. The standard InChI is InChI=1S/C19H25N5O2/c1-23(18-7-10-20-14-22-18)16-8-11-24(12-9-16)19(25)21-13-15-3-5-17(26-2)6-4-15/h3-7,10,14,16H,8-9,11-13H2,1-2H3,(H,21,25). The van der Waals surface area contributed by atoms with Crippen molar-refractivity contribution in [2.75, 3.05) is 32.1 Å². The first-order chi connectivity index (χ1) is 12.7. The van der Waals surface area contributed by atoms with Crippen molar-refractivity contribution in [2.24, 2.45) is 0 Å². The summed E-state index contributed by atoms with van der Waals surface area (Å²) in [4.78, 5) is 24.7. The Morgan fingerprint density at radius 3 is 2.62 bits per heavy atom. The summed E-state index contributed by atoms with van der Waals surface area (Å²) in [6, 6.07) is 10.0. The lowest BCUT2D eigenvalue weighted by atomic mass is 10.0. The highest BCUT2D eigenvalue weighted by molar-refractivity contribution is 5.74. The number of rotatable bonds is 5. The number of methoxy groups -OCH3 is 1. The van der Waals surface area contributed by atoms with E-state index >= 15 is 0 Å². The van der Waals surface area contributed by atoms with E-state index in [2.05, 4.69) is 20.2 Å². The lowest BCUT2D eigenvalue weighted by molar-refractivity contribution is 0.180. The first-order valence-corrected chi connectivity index (χ1v) is 8.82. The molecule has 0 aliphatic carbocycles. The minimum atomic E-state index is -0.0102. The van der Waals surface area contributed by atoms with Crippen LogP contribution in [0.1, 0.15) is 18.4 Å². The molecule has 1 N–H and O–H groups in total. The summed E-state index contributed by atoms with van der Waals surface area (Å²) < 4.78 is 5.14. The number of ether oxygens (including phenoxy) is 1. The highest BCUT2D eigenvalue weighted by Gasteiger charge is 2.25. The number of urea groups is 1. The number of carbonyl (C=O) groups is 1. The SMILES string of the molecule is COc1ccc(CNC(=O)N2CCC(N(C)c3ccncn3)CC2)cc1. The van der Waals surface area contributed by atoms with Gasteiger partial charge in [-0.2, -0.15) is 0 Å². The molecule has 2 amide bonds. The van der Waals surface area contributed by atoms with E-state index in [1.807, 2.05) is 42.3 Å². The minimum absolute atomic E-state index is 0.0102. The van der Waals surface area contributed by atoms with Gasteiger partial charge in [0.15, 0.2) is 0 Å². The van der Waals surface area contributed by atoms with Gasteiger partial charge in [0.2, 0.25) is 0 Å². The summed E-state index contributed by atoms with van der Waals surface area (Å²) in [5, 5.41) is 2.99. The van der Waals surface area contributed by atoms with E-state index in [0.29, 0.717) is 12.6 Å². The second-order valence-electron chi connectivity index (χ2n) is 6.40. The molecular formula is C19H25N5O2. The van der Waals surface area contributed by atoms with Crippen LogP contribution in [0.3, 0.4) is 0 Å². The second kappa shape index (κ2) is 8.51. The number of benzene rings is 1. The minimum Gasteiger partial charge on any atom is -0.497 e. The Morgan fingerprint density at radius 1 is 1.27 bits per heavy atom. The van der Waals surface area contributed by atoms with Gasteiger partial charge in [0, 0.05) is 38.9 Å². The Kier molecular flexibility index (Phi) is 5.88. The van der Waals surface area contributed by atoms with Gasteiger partial charge in [0.25, 0.3) is 0 Å². The molecule has 0 radical (unpaired) electrons. The van der Waals surface area contributed by atoms with Gasteiger partial charge in [-0.05, 0) is 36.6 Å². The van der Waals surface area contributed by atoms with Crippen molar-refractivity contribution in [3.8, 4) is 5.75 Å². The Hall–Kier alpha value is -2.83. The predicted molar refractivity (Wildman–Crippen MR) is 100 cm³/mol. The zero-order valence-electron chi connectivity index (χ0n) is 15.3. The molecule has 2 aromatic rings. The van der Waals surface area contributed by atoms with E-state index in [9.17, 15) is 4.79 Å². The van der Waals surface area contributed by atoms with Gasteiger partial charge in [0.05, 0.1) is 7.11 Å². The molecule has 0 unspecified atom stereocenters. The number of nitrogens with one attached hydrogen (secondary N) is 1. The monoisotopic (exact) mass is 355 g/mol. The molecule has 7 heteroatoms. The molecule has 7 nitrogen and oxygen atoms in total. The van der Waals surface area contributed by atoms with Crippen molar-refractivity contribution >= 4 is 11.8 Å². The van der Waals surface area contributed by atoms with Crippen molar-refractivity contribution < 1.29 is 9.53 Å². The summed E-state index contributed by atoms with van der Waals surface area (Å²) in [6.07, 6.45) is 5.17. The summed E-state index contributed by atoms with van der Waals surface area (Å²) >= 11 is 0. The van der Waals surface area contributed by atoms with Crippen LogP contribution in [0.15, 0.2) is 42.9 Å². The van der Waals surface area contributed by atoms with Crippen LogP contribution in [-0.2, 0) is 6.54 Å². The molecule has 26 heavy (non-hydrogen) atoms. The number of nitrogens with zero attached hydrogens (tertiary/aromatic N) is 4. The van der Waals surface area contributed by atoms with Crippen LogP contribution < -0.4 is 15.0 Å². The van der Waals surface area contributed by atoms with E-state index < -0.39 is 0 Å². The lowest BCUT2D eigenvalue weighted by Crippen LogP contribution is -2.48. The van der Waals surface area contributed by atoms with E-state index in [-0.39, 0.29) is 6.03 Å². The third kappa shape index (κ3) is 4.41. The van der Waals surface area contributed by atoms with E-state index in [0.717, 1.165) is 43.1 Å². The van der Waals surface area contributed by atoms with Gasteiger partial charge in [0.1, 0.15) is 17.9 Å². The maximum atomic E-state index is 12.4. The largest absolute Gasteiger partial charge is 0.497 e. The van der Waals surface area contributed by atoms with E-state index in [1.165, 1.54) is 0 Å². The number of likely N-dealkylation sites (tertiary alicyclic amines) is 1. The molecule has 0 spiro atoms. The Bertz CT molecular complexity index is 700. The molecular weight excluding hydrogens is 330 g/mol. The third-order valence-electron chi connectivity index (χ3n) is 4.83. The van der Waals surface area contributed by atoms with Gasteiger partial charge in [-0.15, -0.1) is 0 Å². The maximum Gasteiger partial charge on any atom is 0.317 e. The van der Waals surface area contributed by atoms with Crippen molar-refractivity contribution in [1.29, 1.82) is 0 Å². The summed E-state index contributed by atoms with van der Waals surface area (Å²) in [5.41, 5.74) is 1.05. The van der Waals surface area contributed by atoms with E-state index in [4.69, 9.17) is 4.74 Å². The van der Waals surface area contributed by atoms with Gasteiger partial charge in [-0.3, -0.25) is 0 Å². The number of piperidine rings is 1. The number of amides is 2. The highest BCUT2D eigenvalue weighted by atomic mass is 16.5. The number of hydrogen-bond acceptors (Lipinski definition) is 5. The molecule has 1 aliphatic rings. The molecule has 0 atom stereocenters. The zero-order valence-corrected chi connectivity index (χ0v) is 15.3. The molecule has 1 aromatic heterocycles. The smallest absolute Gasteiger partial charge is 0.317 e. The van der Waals surface area contributed by atoms with Crippen molar-refractivity contribution in [3.63, 3.8) is 0 Å². The summed E-state index contributed by atoms with van der Waals surface area (Å²) in [7, 11) is 3.69. The fraction of sp³-hybridized carbons (Fsp3) is 0.421. The predicted octanol–water partition coefficient (Wildman–Crippen LogP) is 2.30. The molecule has 1 aliphatic heterocycles. The maximum absolute atomic E-state index is 12.4. The Balaban J connectivity index is 1.45. The van der Waals surface area contributed by atoms with Crippen molar-refractivity contribution in [3.05, 3.63) is 48.4 Å². The summed E-state index contributed by atoms with van der Waals surface area (Å²) in [5.74, 6) is 1.73. The second-order valence-corrected chi connectivity index (χ2v) is 6.40. The number of aromatic nitrogens is 2. The fourth-order valence-corrected chi connectivity index (χ4v) is 3.17. The fourth-order valence-electron chi connectivity index (χ4n) is 3.17. The number of carbonyl (C=O) groups excluding carboxylic acids is 1. The van der Waals surface area contributed by atoms with Gasteiger partial charge in [-0.1, -0.05) is 12.1 Å². The molecule has 2 heterocycles. The van der Waals surface area contributed by atoms with Gasteiger partial charge in [-0.25, -0.2) is 14.8 Å². The van der Waals surface area contributed by atoms with E-state index in [1.54, 1.807) is 19.6 Å². The molecule has 0 saturated carbocycles. The van der Waals surface area contributed by atoms with Gasteiger partial charge >= 0.3 is 6.03 Å². The van der Waals surface area contributed by atoms with Crippen LogP contribution in [0.25, 0.3) is 0 Å². The molecule has 1 aromatic carbocycles. The van der Waals surface area contributed by atoms with Crippen LogP contribution in [-0.4, -0.2) is 54.2 Å². The van der Waals surface area contributed by atoms with Crippen LogP contribution in [0.2, 0.25) is 0 Å². The van der Waals surface area contributed by atoms with Gasteiger partial charge < -0.3 is 19.9 Å². The average Bonchev–Trinajstić information content (AvgIpc) is 2.72. The summed E-state index contributed by atoms with van der Waals surface area (Å²) in [6.45, 7) is 2.01. The molecule has 1 saturated heterocycles. The Morgan fingerprint density at radius 2 is 2.00 bits per heavy atom. The van der Waals surface area contributed by atoms with Crippen LogP contribution in [0.5, 0.6) is 5.75 Å². The molecule has 1 fully saturated rings. The first kappa shape index (κ1) is 18.0. The quantitative estimate of drug-likeness (QED) is 0.891. The van der Waals surface area contributed by atoms with Crippen LogP contribution in [0, 0.1) is 0 Å². The highest BCUT2D eigenvalue weighted by Crippen LogP contribution is 2.20. The zero-order chi connectivity index (χ0) is 18.4. The normalized spacial score (nSPS) is 14.8. The van der Waals surface area contributed by atoms with Crippen LogP contribution in [0.4, 0.5) is 10.6 Å². The molecule has 0 bridgehead atoms. The van der Waals surface area contributed by atoms with Crippen LogP contribution >= 0.6 is 0 Å². The first-order valence-electron chi connectivity index (χ1n) is 8.82. The molecule has 3 rings (SSSR count). The van der Waals surface area contributed by atoms with Crippen molar-refractivity contribution in [2.45, 2.75) is 25.4 Å².